The number of benzene rings is 1. The first kappa shape index (κ1) is 22.7. The van der Waals surface area contributed by atoms with Crippen LogP contribution in [0.15, 0.2) is 29.2 Å². The smallest absolute Gasteiger partial charge is 0.243 e. The summed E-state index contributed by atoms with van der Waals surface area (Å²) in [6, 6.07) is 7.23. The van der Waals surface area contributed by atoms with Crippen molar-refractivity contribution in [1.82, 2.24) is 14.1 Å². The van der Waals surface area contributed by atoms with E-state index in [-0.39, 0.29) is 17.9 Å². The van der Waals surface area contributed by atoms with Crippen molar-refractivity contribution in [2.24, 2.45) is 5.92 Å². The largest absolute Gasteiger partial charge is 0.379 e. The molecule has 1 aromatic carbocycles. The SMILES string of the molecule is CCc1ccccc1S(=O)(=O)N1CCCC(N(CCN2CCOCC2)C(=O)C2CC2)C1. The first-order valence-corrected chi connectivity index (χ1v) is 13.1. The summed E-state index contributed by atoms with van der Waals surface area (Å²) in [7, 11) is -3.57. The van der Waals surface area contributed by atoms with Crippen molar-refractivity contribution in [1.29, 1.82) is 0 Å². The molecule has 1 aliphatic carbocycles. The molecule has 1 saturated carbocycles. The van der Waals surface area contributed by atoms with Gasteiger partial charge in [-0.05, 0) is 43.7 Å². The van der Waals surface area contributed by atoms with Gasteiger partial charge in [-0.2, -0.15) is 4.31 Å². The number of hydrogen-bond donors (Lipinski definition) is 0. The van der Waals surface area contributed by atoms with Crippen LogP contribution in [0, 0.1) is 5.92 Å². The van der Waals surface area contributed by atoms with Gasteiger partial charge in [0.2, 0.25) is 15.9 Å². The maximum absolute atomic E-state index is 13.5. The van der Waals surface area contributed by atoms with Crippen molar-refractivity contribution in [3.63, 3.8) is 0 Å². The fourth-order valence-electron chi connectivity index (χ4n) is 4.69. The number of nitrogens with zero attached hydrogens (tertiary/aromatic N) is 3. The molecule has 3 aliphatic rings. The summed E-state index contributed by atoms with van der Waals surface area (Å²) < 4.78 is 34.0. The number of amides is 1. The Balaban J connectivity index is 1.49. The van der Waals surface area contributed by atoms with E-state index >= 15 is 0 Å². The van der Waals surface area contributed by atoms with Gasteiger partial charge in [0, 0.05) is 51.2 Å². The Morgan fingerprint density at radius 2 is 1.87 bits per heavy atom. The van der Waals surface area contributed by atoms with Crippen LogP contribution in [-0.2, 0) is 26.0 Å². The van der Waals surface area contributed by atoms with E-state index in [2.05, 4.69) is 4.90 Å². The molecule has 31 heavy (non-hydrogen) atoms. The monoisotopic (exact) mass is 449 g/mol. The number of morpholine rings is 1. The van der Waals surface area contributed by atoms with Crippen molar-refractivity contribution in [3.05, 3.63) is 29.8 Å². The molecule has 1 aromatic rings. The Morgan fingerprint density at radius 1 is 1.13 bits per heavy atom. The van der Waals surface area contributed by atoms with Crippen LogP contribution in [0.4, 0.5) is 0 Å². The molecule has 1 amide bonds. The number of sulfonamides is 1. The van der Waals surface area contributed by atoms with Crippen molar-refractivity contribution >= 4 is 15.9 Å². The molecule has 3 fully saturated rings. The molecule has 2 heterocycles. The van der Waals surface area contributed by atoms with Gasteiger partial charge in [0.1, 0.15) is 0 Å². The summed E-state index contributed by atoms with van der Waals surface area (Å²) in [5, 5.41) is 0. The van der Waals surface area contributed by atoms with E-state index in [1.165, 1.54) is 0 Å². The maximum Gasteiger partial charge on any atom is 0.243 e. The van der Waals surface area contributed by atoms with Crippen molar-refractivity contribution < 1.29 is 17.9 Å². The van der Waals surface area contributed by atoms with Gasteiger partial charge < -0.3 is 9.64 Å². The third-order valence-electron chi connectivity index (χ3n) is 6.74. The van der Waals surface area contributed by atoms with Gasteiger partial charge in [-0.3, -0.25) is 9.69 Å². The first-order valence-electron chi connectivity index (χ1n) is 11.7. The van der Waals surface area contributed by atoms with Crippen molar-refractivity contribution in [2.45, 2.75) is 50.0 Å². The minimum Gasteiger partial charge on any atom is -0.379 e. The highest BCUT2D eigenvalue weighted by atomic mass is 32.2. The lowest BCUT2D eigenvalue weighted by Crippen LogP contribution is -2.54. The van der Waals surface area contributed by atoms with Crippen LogP contribution in [0.2, 0.25) is 0 Å². The fourth-order valence-corrected chi connectivity index (χ4v) is 6.50. The lowest BCUT2D eigenvalue weighted by Gasteiger charge is -2.40. The Labute approximate surface area is 186 Å². The van der Waals surface area contributed by atoms with E-state index in [0.29, 0.717) is 31.0 Å². The Bertz CT molecular complexity index is 865. The van der Waals surface area contributed by atoms with Gasteiger partial charge in [0.05, 0.1) is 18.1 Å². The van der Waals surface area contributed by atoms with Crippen LogP contribution in [0.5, 0.6) is 0 Å². The minimum atomic E-state index is -3.57. The second-order valence-electron chi connectivity index (χ2n) is 8.88. The zero-order valence-corrected chi connectivity index (χ0v) is 19.4. The highest BCUT2D eigenvalue weighted by molar-refractivity contribution is 7.89. The molecule has 1 atom stereocenters. The second kappa shape index (κ2) is 9.98. The minimum absolute atomic E-state index is 0.0496. The van der Waals surface area contributed by atoms with E-state index in [9.17, 15) is 13.2 Å². The molecule has 172 valence electrons. The Morgan fingerprint density at radius 3 is 2.58 bits per heavy atom. The molecule has 4 rings (SSSR count). The number of hydrogen-bond acceptors (Lipinski definition) is 5. The number of rotatable bonds is 8. The fraction of sp³-hybridized carbons (Fsp3) is 0.696. The molecule has 0 radical (unpaired) electrons. The van der Waals surface area contributed by atoms with Gasteiger partial charge in [0.15, 0.2) is 0 Å². The van der Waals surface area contributed by atoms with Crippen LogP contribution in [0.25, 0.3) is 0 Å². The maximum atomic E-state index is 13.5. The molecular weight excluding hydrogens is 414 g/mol. The molecule has 2 saturated heterocycles. The number of carbonyl (C=O) groups excluding carboxylic acids is 1. The summed E-state index contributed by atoms with van der Waals surface area (Å²) in [4.78, 5) is 17.9. The number of ether oxygens (including phenoxy) is 1. The third kappa shape index (κ3) is 5.30. The summed E-state index contributed by atoms with van der Waals surface area (Å²) in [6.07, 6.45) is 4.25. The molecule has 0 N–H and O–H groups in total. The number of aryl methyl sites for hydroxylation is 1. The molecule has 7 nitrogen and oxygen atoms in total. The third-order valence-corrected chi connectivity index (χ3v) is 8.71. The van der Waals surface area contributed by atoms with Crippen LogP contribution < -0.4 is 0 Å². The summed E-state index contributed by atoms with van der Waals surface area (Å²) >= 11 is 0. The zero-order valence-electron chi connectivity index (χ0n) is 18.5. The van der Waals surface area contributed by atoms with Crippen LogP contribution in [0.1, 0.15) is 38.2 Å². The molecule has 1 unspecified atom stereocenters. The van der Waals surface area contributed by atoms with Gasteiger partial charge in [0.25, 0.3) is 0 Å². The highest BCUT2D eigenvalue weighted by Gasteiger charge is 2.39. The van der Waals surface area contributed by atoms with Gasteiger partial charge >= 0.3 is 0 Å². The van der Waals surface area contributed by atoms with E-state index in [0.717, 1.165) is 64.1 Å². The van der Waals surface area contributed by atoms with E-state index in [4.69, 9.17) is 4.74 Å². The Hall–Kier alpha value is -1.48. The van der Waals surface area contributed by atoms with E-state index in [1.54, 1.807) is 16.4 Å². The number of carbonyl (C=O) groups is 1. The van der Waals surface area contributed by atoms with Gasteiger partial charge in [-0.15, -0.1) is 0 Å². The lowest BCUT2D eigenvalue weighted by atomic mass is 10.0. The molecule has 2 aliphatic heterocycles. The number of piperidine rings is 1. The lowest BCUT2D eigenvalue weighted by molar-refractivity contribution is -0.136. The topological polar surface area (TPSA) is 70.2 Å². The molecule has 8 heteroatoms. The zero-order chi connectivity index (χ0) is 21.8. The van der Waals surface area contributed by atoms with E-state index < -0.39 is 10.0 Å². The Kier molecular flexibility index (Phi) is 7.31. The van der Waals surface area contributed by atoms with Crippen LogP contribution >= 0.6 is 0 Å². The van der Waals surface area contributed by atoms with Gasteiger partial charge in [-0.25, -0.2) is 8.42 Å². The average Bonchev–Trinajstić information content (AvgIpc) is 3.65. The van der Waals surface area contributed by atoms with Gasteiger partial charge in [-0.1, -0.05) is 25.1 Å². The van der Waals surface area contributed by atoms with Crippen LogP contribution in [-0.4, -0.2) is 87.0 Å². The standard InChI is InChI=1S/C23H35N3O4S/c1-2-19-6-3-4-8-22(19)31(28,29)25-11-5-7-21(18-25)26(23(27)20-9-10-20)13-12-24-14-16-30-17-15-24/h3-4,6,8,20-21H,2,5,7,9-18H2,1H3. The molecule has 0 aromatic heterocycles. The summed E-state index contributed by atoms with van der Waals surface area (Å²) in [5.41, 5.74) is 0.850. The van der Waals surface area contributed by atoms with E-state index in [1.807, 2.05) is 24.0 Å². The van der Waals surface area contributed by atoms with Crippen LogP contribution in [0.3, 0.4) is 0 Å². The normalized spacial score (nSPS) is 23.6. The average molecular weight is 450 g/mol. The second-order valence-corrected chi connectivity index (χ2v) is 10.8. The summed E-state index contributed by atoms with van der Waals surface area (Å²) in [5.74, 6) is 0.351. The first-order chi connectivity index (χ1) is 15.0. The summed E-state index contributed by atoms with van der Waals surface area (Å²) in [6.45, 7) is 7.65. The molecular formula is C23H35N3O4S. The quantitative estimate of drug-likeness (QED) is 0.607. The highest BCUT2D eigenvalue weighted by Crippen LogP contribution is 2.33. The predicted molar refractivity (Wildman–Crippen MR) is 119 cm³/mol. The van der Waals surface area contributed by atoms with Crippen molar-refractivity contribution in [3.8, 4) is 0 Å². The van der Waals surface area contributed by atoms with Crippen molar-refractivity contribution in [2.75, 3.05) is 52.5 Å². The molecule has 0 spiro atoms. The molecule has 0 bridgehead atoms. The predicted octanol–water partition coefficient (Wildman–Crippen LogP) is 1.97.